The van der Waals surface area contributed by atoms with Gasteiger partial charge in [-0.3, -0.25) is 0 Å². The van der Waals surface area contributed by atoms with Crippen LogP contribution in [0.1, 0.15) is 16.6 Å². The summed E-state index contributed by atoms with van der Waals surface area (Å²) >= 11 is 1.62. The molecule has 0 radical (unpaired) electrons. The Morgan fingerprint density at radius 3 is 2.94 bits per heavy atom. The maximum atomic E-state index is 4.56. The first-order valence-electron chi connectivity index (χ1n) is 5.82. The molecular weight excluding hydrogens is 244 g/mol. The van der Waals surface area contributed by atoms with Crippen molar-refractivity contribution in [1.82, 2.24) is 15.0 Å². The summed E-state index contributed by atoms with van der Waals surface area (Å²) in [6.07, 6.45) is 4.37. The molecule has 1 aliphatic heterocycles. The average Bonchev–Trinajstić information content (AvgIpc) is 3.02. The third-order valence-electron chi connectivity index (χ3n) is 3.13. The van der Waals surface area contributed by atoms with Crippen LogP contribution in [0.4, 0.5) is 5.69 Å². The Morgan fingerprint density at radius 2 is 2.06 bits per heavy atom. The van der Waals surface area contributed by atoms with Gasteiger partial charge in [-0.25, -0.2) is 15.0 Å². The van der Waals surface area contributed by atoms with Crippen LogP contribution >= 0.6 is 11.3 Å². The molecule has 88 valence electrons. The van der Waals surface area contributed by atoms with Crippen molar-refractivity contribution in [1.29, 1.82) is 0 Å². The van der Waals surface area contributed by atoms with E-state index in [1.165, 1.54) is 11.3 Å². The predicted molar refractivity (Wildman–Crippen MR) is 71.7 cm³/mol. The second-order valence-corrected chi connectivity index (χ2v) is 5.30. The molecule has 1 N–H and O–H groups in total. The molecule has 5 heteroatoms. The minimum absolute atomic E-state index is 0.253. The van der Waals surface area contributed by atoms with E-state index in [1.807, 2.05) is 0 Å². The molecule has 0 amide bonds. The summed E-state index contributed by atoms with van der Waals surface area (Å²) in [5, 5.41) is 4.57. The first-order valence-corrected chi connectivity index (χ1v) is 6.64. The fourth-order valence-corrected chi connectivity index (χ4v) is 3.21. The Hall–Kier alpha value is -2.01. The quantitative estimate of drug-likeness (QED) is 0.725. The van der Waals surface area contributed by atoms with Gasteiger partial charge in [0, 0.05) is 24.5 Å². The minimum Gasteiger partial charge on any atom is -0.375 e. The fourth-order valence-electron chi connectivity index (χ4n) is 2.29. The van der Waals surface area contributed by atoms with E-state index in [2.05, 4.69) is 44.5 Å². The van der Waals surface area contributed by atoms with Crippen molar-refractivity contribution in [3.05, 3.63) is 47.2 Å². The monoisotopic (exact) mass is 254 g/mol. The molecule has 1 aliphatic rings. The topological polar surface area (TPSA) is 50.7 Å². The van der Waals surface area contributed by atoms with Crippen molar-refractivity contribution >= 4 is 27.5 Å². The first kappa shape index (κ1) is 9.96. The largest absolute Gasteiger partial charge is 0.375 e. The van der Waals surface area contributed by atoms with Crippen LogP contribution in [0.2, 0.25) is 0 Å². The van der Waals surface area contributed by atoms with E-state index in [1.54, 1.807) is 23.7 Å². The van der Waals surface area contributed by atoms with Crippen LogP contribution in [0.25, 0.3) is 10.5 Å². The molecule has 0 aliphatic carbocycles. The molecule has 18 heavy (non-hydrogen) atoms. The number of rotatable bonds is 1. The Morgan fingerprint density at radius 1 is 1.17 bits per heavy atom. The number of para-hydroxylation sites is 1. The molecule has 1 aromatic carbocycles. The summed E-state index contributed by atoms with van der Waals surface area (Å²) in [7, 11) is 0. The van der Waals surface area contributed by atoms with Gasteiger partial charge in [0.05, 0.1) is 6.04 Å². The van der Waals surface area contributed by atoms with Gasteiger partial charge in [-0.1, -0.05) is 29.5 Å². The number of fused-ring (bicyclic) bond motifs is 2. The van der Waals surface area contributed by atoms with Gasteiger partial charge in [0.25, 0.3) is 0 Å². The van der Waals surface area contributed by atoms with Crippen molar-refractivity contribution in [2.75, 3.05) is 5.32 Å². The van der Waals surface area contributed by atoms with Gasteiger partial charge < -0.3 is 5.32 Å². The number of anilines is 1. The summed E-state index contributed by atoms with van der Waals surface area (Å²) in [4.78, 5) is 14.0. The maximum Gasteiger partial charge on any atom is 0.189 e. The number of thiazole rings is 1. The Kier molecular flexibility index (Phi) is 2.07. The van der Waals surface area contributed by atoms with E-state index in [4.69, 9.17) is 0 Å². The summed E-state index contributed by atoms with van der Waals surface area (Å²) in [5.74, 6) is 0. The summed E-state index contributed by atoms with van der Waals surface area (Å²) in [6.45, 7) is 0. The number of aromatic nitrogens is 3. The number of nitrogens with zero attached hydrogens (tertiary/aromatic N) is 3. The lowest BCUT2D eigenvalue weighted by Gasteiger charge is -2.06. The van der Waals surface area contributed by atoms with Crippen LogP contribution in [0, 0.1) is 0 Å². The molecule has 4 rings (SSSR count). The normalized spacial score (nSPS) is 17.7. The first-order chi connectivity index (χ1) is 8.90. The van der Waals surface area contributed by atoms with Crippen molar-refractivity contribution < 1.29 is 0 Å². The van der Waals surface area contributed by atoms with Gasteiger partial charge in [0.15, 0.2) is 10.5 Å². The highest BCUT2D eigenvalue weighted by molar-refractivity contribution is 7.18. The zero-order valence-corrected chi connectivity index (χ0v) is 10.3. The van der Waals surface area contributed by atoms with Gasteiger partial charge >= 0.3 is 0 Å². The molecule has 2 aromatic heterocycles. The smallest absolute Gasteiger partial charge is 0.189 e. The van der Waals surface area contributed by atoms with Crippen molar-refractivity contribution in [2.24, 2.45) is 0 Å². The van der Waals surface area contributed by atoms with Gasteiger partial charge in [-0.2, -0.15) is 0 Å². The average molecular weight is 254 g/mol. The summed E-state index contributed by atoms with van der Waals surface area (Å²) < 4.78 is 0. The highest BCUT2D eigenvalue weighted by Gasteiger charge is 2.24. The molecule has 1 unspecified atom stereocenters. The van der Waals surface area contributed by atoms with Crippen LogP contribution in [0.15, 0.2) is 36.7 Å². The Labute approximate surface area is 108 Å². The highest BCUT2D eigenvalue weighted by atomic mass is 32.1. The van der Waals surface area contributed by atoms with Crippen molar-refractivity contribution in [2.45, 2.75) is 12.5 Å². The SMILES string of the molecule is c1ccc2c(c1)CC(c1nc3nccnc3s1)N2. The van der Waals surface area contributed by atoms with Crippen LogP contribution in [-0.2, 0) is 6.42 Å². The zero-order chi connectivity index (χ0) is 11.9. The molecular formula is C13H10N4S. The molecule has 3 aromatic rings. The molecule has 3 heterocycles. The third-order valence-corrected chi connectivity index (χ3v) is 4.20. The second kappa shape index (κ2) is 3.74. The number of nitrogens with one attached hydrogen (secondary N) is 1. The Balaban J connectivity index is 1.73. The van der Waals surface area contributed by atoms with Crippen LogP contribution in [0.5, 0.6) is 0 Å². The number of benzene rings is 1. The summed E-state index contributed by atoms with van der Waals surface area (Å²) in [5.41, 5.74) is 3.31. The number of hydrogen-bond acceptors (Lipinski definition) is 5. The van der Waals surface area contributed by atoms with Gasteiger partial charge in [0.2, 0.25) is 0 Å². The van der Waals surface area contributed by atoms with Gasteiger partial charge in [-0.15, -0.1) is 0 Å². The molecule has 0 bridgehead atoms. The fraction of sp³-hybridized carbons (Fsp3) is 0.154. The van der Waals surface area contributed by atoms with E-state index in [-0.39, 0.29) is 6.04 Å². The predicted octanol–water partition coefficient (Wildman–Crippen LogP) is 2.80. The molecule has 0 spiro atoms. The number of hydrogen-bond donors (Lipinski definition) is 1. The van der Waals surface area contributed by atoms with Crippen LogP contribution in [-0.4, -0.2) is 15.0 Å². The van der Waals surface area contributed by atoms with Gasteiger partial charge in [-0.05, 0) is 11.6 Å². The highest BCUT2D eigenvalue weighted by Crippen LogP contribution is 2.36. The molecule has 0 fully saturated rings. The van der Waals surface area contributed by atoms with Crippen molar-refractivity contribution in [3.8, 4) is 0 Å². The van der Waals surface area contributed by atoms with Gasteiger partial charge in [0.1, 0.15) is 5.01 Å². The molecule has 0 saturated carbocycles. The van der Waals surface area contributed by atoms with E-state index < -0.39 is 0 Å². The van der Waals surface area contributed by atoms with Crippen molar-refractivity contribution in [3.63, 3.8) is 0 Å². The van der Waals surface area contributed by atoms with Crippen LogP contribution in [0.3, 0.4) is 0 Å². The zero-order valence-electron chi connectivity index (χ0n) is 9.50. The maximum absolute atomic E-state index is 4.56. The lowest BCUT2D eigenvalue weighted by Crippen LogP contribution is -2.04. The van der Waals surface area contributed by atoms with Crippen LogP contribution < -0.4 is 5.32 Å². The standard InChI is InChI=1S/C13H10N4S/c1-2-4-9-8(3-1)7-10(16-9)12-17-11-13(18-12)15-6-5-14-11/h1-6,10,16H,7H2. The van der Waals surface area contributed by atoms with E-state index in [0.29, 0.717) is 0 Å². The third kappa shape index (κ3) is 1.48. The lowest BCUT2D eigenvalue weighted by molar-refractivity contribution is 0.815. The molecule has 0 saturated heterocycles. The van der Waals surface area contributed by atoms with E-state index in [0.717, 1.165) is 21.9 Å². The minimum atomic E-state index is 0.253. The van der Waals surface area contributed by atoms with E-state index in [9.17, 15) is 0 Å². The summed E-state index contributed by atoms with van der Waals surface area (Å²) in [6, 6.07) is 8.65. The van der Waals surface area contributed by atoms with E-state index >= 15 is 0 Å². The Bertz CT molecular complexity index is 664. The molecule has 1 atom stereocenters. The molecule has 4 nitrogen and oxygen atoms in total. The lowest BCUT2D eigenvalue weighted by atomic mass is 10.1. The second-order valence-electron chi connectivity index (χ2n) is 4.30.